The lowest BCUT2D eigenvalue weighted by atomic mass is 10.1. The zero-order chi connectivity index (χ0) is 17.6. The van der Waals surface area contributed by atoms with Gasteiger partial charge in [-0.05, 0) is 42.0 Å². The predicted octanol–water partition coefficient (Wildman–Crippen LogP) is 1.94. The third-order valence-electron chi connectivity index (χ3n) is 4.12. The van der Waals surface area contributed by atoms with E-state index < -0.39 is 5.91 Å². The molecule has 0 spiro atoms. The molecule has 2 N–H and O–H groups in total. The molecule has 0 bridgehead atoms. The van der Waals surface area contributed by atoms with Crippen LogP contribution in [0, 0.1) is 5.82 Å². The molecule has 2 aromatic heterocycles. The zero-order valence-corrected chi connectivity index (χ0v) is 13.0. The third-order valence-corrected chi connectivity index (χ3v) is 4.12. The SMILES string of the molecule is NC(=O)c1ccc2c(c1)n(Cc1cccc(F)c1)c(=O)c1ccnn12. The predicted molar refractivity (Wildman–Crippen MR) is 91.0 cm³/mol. The van der Waals surface area contributed by atoms with Crippen LogP contribution < -0.4 is 11.3 Å². The molecular formula is C18H13FN4O2. The topological polar surface area (TPSA) is 82.4 Å². The van der Waals surface area contributed by atoms with Gasteiger partial charge in [-0.3, -0.25) is 9.59 Å². The molecule has 6 nitrogen and oxygen atoms in total. The number of hydrogen-bond donors (Lipinski definition) is 1. The highest BCUT2D eigenvalue weighted by molar-refractivity contribution is 5.96. The summed E-state index contributed by atoms with van der Waals surface area (Å²) in [4.78, 5) is 24.4. The van der Waals surface area contributed by atoms with Crippen molar-refractivity contribution in [3.8, 4) is 0 Å². The Morgan fingerprint density at radius 3 is 2.68 bits per heavy atom. The minimum Gasteiger partial charge on any atom is -0.366 e. The van der Waals surface area contributed by atoms with Crippen LogP contribution in [0.2, 0.25) is 0 Å². The Morgan fingerprint density at radius 1 is 1.08 bits per heavy atom. The first-order valence-corrected chi connectivity index (χ1v) is 7.59. The van der Waals surface area contributed by atoms with Gasteiger partial charge in [-0.2, -0.15) is 5.10 Å². The molecular weight excluding hydrogens is 323 g/mol. The van der Waals surface area contributed by atoms with Crippen molar-refractivity contribution in [1.29, 1.82) is 0 Å². The number of aromatic nitrogens is 3. The van der Waals surface area contributed by atoms with Crippen LogP contribution in [0.3, 0.4) is 0 Å². The molecule has 0 aliphatic heterocycles. The third kappa shape index (κ3) is 2.46. The Kier molecular flexibility index (Phi) is 3.35. The molecule has 0 unspecified atom stereocenters. The second-order valence-corrected chi connectivity index (χ2v) is 5.72. The van der Waals surface area contributed by atoms with Gasteiger partial charge < -0.3 is 10.3 Å². The van der Waals surface area contributed by atoms with Gasteiger partial charge in [0, 0.05) is 5.56 Å². The first kappa shape index (κ1) is 15.1. The summed E-state index contributed by atoms with van der Waals surface area (Å²) in [5.74, 6) is -0.967. The number of hydrogen-bond acceptors (Lipinski definition) is 3. The lowest BCUT2D eigenvalue weighted by Crippen LogP contribution is -2.24. The molecule has 0 radical (unpaired) electrons. The number of primary amides is 1. The molecule has 25 heavy (non-hydrogen) atoms. The number of halogens is 1. The second-order valence-electron chi connectivity index (χ2n) is 5.72. The van der Waals surface area contributed by atoms with Crippen molar-refractivity contribution in [2.75, 3.05) is 0 Å². The van der Waals surface area contributed by atoms with Gasteiger partial charge in [0.2, 0.25) is 5.91 Å². The molecule has 1 amide bonds. The summed E-state index contributed by atoms with van der Waals surface area (Å²) in [7, 11) is 0. The molecule has 0 aliphatic rings. The lowest BCUT2D eigenvalue weighted by molar-refractivity contribution is 0.100. The molecule has 0 atom stereocenters. The van der Waals surface area contributed by atoms with Crippen LogP contribution in [-0.2, 0) is 6.54 Å². The Bertz CT molecular complexity index is 1190. The van der Waals surface area contributed by atoms with Crippen molar-refractivity contribution in [2.24, 2.45) is 5.73 Å². The van der Waals surface area contributed by atoms with Crippen molar-refractivity contribution in [1.82, 2.24) is 14.2 Å². The van der Waals surface area contributed by atoms with Gasteiger partial charge in [-0.25, -0.2) is 8.91 Å². The molecule has 0 saturated heterocycles. The monoisotopic (exact) mass is 336 g/mol. The fourth-order valence-electron chi connectivity index (χ4n) is 2.95. The van der Waals surface area contributed by atoms with Crippen molar-refractivity contribution in [3.05, 3.63) is 82.0 Å². The largest absolute Gasteiger partial charge is 0.366 e. The van der Waals surface area contributed by atoms with E-state index >= 15 is 0 Å². The number of fused-ring (bicyclic) bond motifs is 3. The number of carbonyl (C=O) groups excluding carboxylic acids is 1. The minimum absolute atomic E-state index is 0.164. The normalized spacial score (nSPS) is 11.2. The molecule has 7 heteroatoms. The Balaban J connectivity index is 2.05. The first-order chi connectivity index (χ1) is 12.0. The second kappa shape index (κ2) is 5.55. The standard InChI is InChI=1S/C18H13FN4O2/c19-13-3-1-2-11(8-13)10-22-16-9-12(17(20)24)4-5-14(16)23-15(18(22)25)6-7-21-23/h1-9H,10H2,(H2,20,24). The van der Waals surface area contributed by atoms with Crippen molar-refractivity contribution in [2.45, 2.75) is 6.54 Å². The Hall–Kier alpha value is -3.48. The molecule has 124 valence electrons. The lowest BCUT2D eigenvalue weighted by Gasteiger charge is -2.13. The van der Waals surface area contributed by atoms with E-state index in [-0.39, 0.29) is 23.5 Å². The average Bonchev–Trinajstić information content (AvgIpc) is 3.08. The fourth-order valence-corrected chi connectivity index (χ4v) is 2.95. The van der Waals surface area contributed by atoms with Gasteiger partial charge in [0.15, 0.2) is 0 Å². The maximum atomic E-state index is 13.5. The van der Waals surface area contributed by atoms with Gasteiger partial charge in [0.05, 0.1) is 23.8 Å². The summed E-state index contributed by atoms with van der Waals surface area (Å²) < 4.78 is 16.5. The van der Waals surface area contributed by atoms with E-state index in [4.69, 9.17) is 5.73 Å². The molecule has 4 rings (SSSR count). The van der Waals surface area contributed by atoms with Gasteiger partial charge in [-0.15, -0.1) is 0 Å². The number of nitrogens with zero attached hydrogens (tertiary/aromatic N) is 3. The molecule has 0 saturated carbocycles. The highest BCUT2D eigenvalue weighted by Gasteiger charge is 2.14. The van der Waals surface area contributed by atoms with E-state index in [9.17, 15) is 14.0 Å². The van der Waals surface area contributed by atoms with Crippen LogP contribution >= 0.6 is 0 Å². The van der Waals surface area contributed by atoms with Gasteiger partial charge >= 0.3 is 0 Å². The molecule has 2 heterocycles. The van der Waals surface area contributed by atoms with Crippen molar-refractivity contribution >= 4 is 22.5 Å². The van der Waals surface area contributed by atoms with Gasteiger partial charge in [0.25, 0.3) is 5.56 Å². The van der Waals surface area contributed by atoms with E-state index in [0.717, 1.165) is 0 Å². The Labute approximate surface area is 140 Å². The molecule has 2 aromatic carbocycles. The zero-order valence-electron chi connectivity index (χ0n) is 13.0. The van der Waals surface area contributed by atoms with Crippen LogP contribution in [0.1, 0.15) is 15.9 Å². The van der Waals surface area contributed by atoms with E-state index in [0.29, 0.717) is 22.1 Å². The quantitative estimate of drug-likeness (QED) is 0.621. The van der Waals surface area contributed by atoms with Gasteiger partial charge in [-0.1, -0.05) is 12.1 Å². The summed E-state index contributed by atoms with van der Waals surface area (Å²) in [5, 5.41) is 4.17. The van der Waals surface area contributed by atoms with Crippen LogP contribution in [0.5, 0.6) is 0 Å². The maximum absolute atomic E-state index is 13.5. The molecule has 0 aliphatic carbocycles. The smallest absolute Gasteiger partial charge is 0.277 e. The van der Waals surface area contributed by atoms with E-state index in [1.165, 1.54) is 27.4 Å². The number of nitrogens with two attached hydrogens (primary N) is 1. The fraction of sp³-hybridized carbons (Fsp3) is 0.0556. The van der Waals surface area contributed by atoms with Gasteiger partial charge in [0.1, 0.15) is 11.3 Å². The highest BCUT2D eigenvalue weighted by Crippen LogP contribution is 2.18. The maximum Gasteiger partial charge on any atom is 0.277 e. The van der Waals surface area contributed by atoms with Crippen LogP contribution in [0.25, 0.3) is 16.6 Å². The summed E-state index contributed by atoms with van der Waals surface area (Å²) in [6.45, 7) is 0.164. The minimum atomic E-state index is -0.591. The van der Waals surface area contributed by atoms with Crippen LogP contribution in [-0.4, -0.2) is 20.1 Å². The molecule has 0 fully saturated rings. The highest BCUT2D eigenvalue weighted by atomic mass is 19.1. The van der Waals surface area contributed by atoms with Crippen molar-refractivity contribution < 1.29 is 9.18 Å². The summed E-state index contributed by atoms with van der Waals surface area (Å²) in [5.41, 5.74) is 7.55. The number of carbonyl (C=O) groups is 1. The summed E-state index contributed by atoms with van der Waals surface area (Å²) in [6, 6.07) is 12.5. The summed E-state index contributed by atoms with van der Waals surface area (Å²) >= 11 is 0. The van der Waals surface area contributed by atoms with Crippen molar-refractivity contribution in [3.63, 3.8) is 0 Å². The summed E-state index contributed by atoms with van der Waals surface area (Å²) in [6.07, 6.45) is 1.53. The number of amides is 1. The van der Waals surface area contributed by atoms with E-state index in [1.807, 2.05) is 0 Å². The van der Waals surface area contributed by atoms with Crippen LogP contribution in [0.15, 0.2) is 59.5 Å². The van der Waals surface area contributed by atoms with E-state index in [1.54, 1.807) is 36.4 Å². The first-order valence-electron chi connectivity index (χ1n) is 7.59. The van der Waals surface area contributed by atoms with Crippen LogP contribution in [0.4, 0.5) is 4.39 Å². The Morgan fingerprint density at radius 2 is 1.92 bits per heavy atom. The molecule has 4 aromatic rings. The number of rotatable bonds is 3. The van der Waals surface area contributed by atoms with E-state index in [2.05, 4.69) is 5.10 Å². The average molecular weight is 336 g/mol. The number of benzene rings is 2.